The summed E-state index contributed by atoms with van der Waals surface area (Å²) in [5.74, 6) is -0.0208. The van der Waals surface area contributed by atoms with Crippen molar-refractivity contribution < 1.29 is 49.2 Å². The fraction of sp³-hybridized carbons (Fsp3) is 0.474. The van der Waals surface area contributed by atoms with Gasteiger partial charge in [-0.2, -0.15) is 16.8 Å². The minimum Gasteiger partial charge on any atom is -0.356 e. The summed E-state index contributed by atoms with van der Waals surface area (Å²) in [4.78, 5) is 28.1. The zero-order chi connectivity index (χ0) is 40.7. The molecule has 0 spiro atoms. The zero-order valence-corrected chi connectivity index (χ0v) is 34.4. The number of fused-ring (bicyclic) bond motifs is 2. The molecule has 0 aromatic heterocycles. The standard InChI is InChI=1S/C38H52N3O11PS2/c1-37(2)30-26-28(54(45,46)47)19-21-32(30)40-34(37)16-10-8-11-17-35-38(3,4)31-27-29(55(48,49)50)20-22-33(31)41(35)24-14-9-12-18-36(42)39-23-13-6-7-15-25-52-53(43,44)51-5/h8,10-11,16-17,19-22,26-27H,6-7,9,12-15,18,23-25H2,1-5H3,(H,39,42)(H,43,44)(H,45,46,47)(H,48,49,50)/b11-8+,16-10+,35-17-. The summed E-state index contributed by atoms with van der Waals surface area (Å²) in [5, 5.41) is 2.94. The molecular formula is C38H52N3O11PS2. The van der Waals surface area contributed by atoms with E-state index in [-0.39, 0.29) is 22.3 Å². The first-order valence-corrected chi connectivity index (χ1v) is 22.5. The Labute approximate surface area is 324 Å². The van der Waals surface area contributed by atoms with Crippen LogP contribution in [0.3, 0.4) is 0 Å². The molecule has 17 heteroatoms. The van der Waals surface area contributed by atoms with Crippen molar-refractivity contribution in [1.29, 1.82) is 0 Å². The lowest BCUT2D eigenvalue weighted by molar-refractivity contribution is -0.121. The molecule has 1 unspecified atom stereocenters. The van der Waals surface area contributed by atoms with Crippen molar-refractivity contribution in [2.24, 2.45) is 4.99 Å². The molecular weight excluding hydrogens is 770 g/mol. The lowest BCUT2D eigenvalue weighted by atomic mass is 9.81. The molecule has 0 saturated heterocycles. The number of benzene rings is 2. The molecule has 0 saturated carbocycles. The van der Waals surface area contributed by atoms with Gasteiger partial charge in [0.05, 0.1) is 27.8 Å². The van der Waals surface area contributed by atoms with Gasteiger partial charge in [-0.1, -0.05) is 65.2 Å². The normalized spacial score (nSPS) is 18.1. The molecule has 0 bridgehead atoms. The number of phosphoric acid groups is 1. The van der Waals surface area contributed by atoms with Gasteiger partial charge in [-0.3, -0.25) is 27.9 Å². The SMILES string of the molecule is COP(=O)(O)OCCCCCCNC(=O)CCCCCN1\C(=C/C=C/C=C/C2=Nc3ccc(S(=O)(=O)O)cc3C2(C)C)C(C)(C)c2cc(S(=O)(=O)O)ccc21. The predicted octanol–water partition coefficient (Wildman–Crippen LogP) is 7.34. The highest BCUT2D eigenvalue weighted by Gasteiger charge is 2.40. The maximum Gasteiger partial charge on any atom is 0.471 e. The molecule has 2 aromatic rings. The van der Waals surface area contributed by atoms with Crippen LogP contribution >= 0.6 is 7.82 Å². The Kier molecular flexibility index (Phi) is 14.6. The average molecular weight is 822 g/mol. The molecule has 0 radical (unpaired) electrons. The fourth-order valence-corrected chi connectivity index (χ4v) is 8.18. The summed E-state index contributed by atoms with van der Waals surface area (Å²) >= 11 is 0. The molecule has 1 atom stereocenters. The molecule has 1 amide bonds. The van der Waals surface area contributed by atoms with Crippen LogP contribution in [0, 0.1) is 0 Å². The second-order valence-corrected chi connectivity index (χ2v) is 19.0. The maximum absolute atomic E-state index is 12.4. The van der Waals surface area contributed by atoms with E-state index in [0.717, 1.165) is 61.9 Å². The molecule has 4 rings (SSSR count). The highest BCUT2D eigenvalue weighted by molar-refractivity contribution is 7.86. The van der Waals surface area contributed by atoms with E-state index in [0.29, 0.717) is 43.6 Å². The molecule has 2 aliphatic heterocycles. The second kappa shape index (κ2) is 18.2. The van der Waals surface area contributed by atoms with E-state index < -0.39 is 38.9 Å². The van der Waals surface area contributed by atoms with Gasteiger partial charge in [-0.15, -0.1) is 0 Å². The summed E-state index contributed by atoms with van der Waals surface area (Å²) in [7, 11) is -11.6. The number of unbranched alkanes of at least 4 members (excludes halogenated alkanes) is 5. The van der Waals surface area contributed by atoms with Crippen LogP contribution in [0.1, 0.15) is 90.2 Å². The van der Waals surface area contributed by atoms with Gasteiger partial charge < -0.3 is 15.1 Å². The topological polar surface area (TPSA) is 209 Å². The van der Waals surface area contributed by atoms with Crippen molar-refractivity contribution in [3.8, 4) is 0 Å². The summed E-state index contributed by atoms with van der Waals surface area (Å²) in [6, 6.07) is 8.97. The number of aliphatic imine (C=N–C) groups is 1. The van der Waals surface area contributed by atoms with Crippen molar-refractivity contribution in [2.75, 3.05) is 31.7 Å². The molecule has 302 valence electrons. The average Bonchev–Trinajstić information content (AvgIpc) is 3.48. The molecule has 2 heterocycles. The number of nitrogens with zero attached hydrogens (tertiary/aromatic N) is 2. The van der Waals surface area contributed by atoms with Gasteiger partial charge in [0.25, 0.3) is 20.2 Å². The van der Waals surface area contributed by atoms with Crippen LogP contribution in [0.4, 0.5) is 11.4 Å². The molecule has 14 nitrogen and oxygen atoms in total. The number of amides is 1. The smallest absolute Gasteiger partial charge is 0.356 e. The number of rotatable bonds is 20. The Morgan fingerprint density at radius 2 is 1.49 bits per heavy atom. The van der Waals surface area contributed by atoms with E-state index in [2.05, 4.69) is 19.7 Å². The van der Waals surface area contributed by atoms with E-state index in [9.17, 15) is 40.2 Å². The van der Waals surface area contributed by atoms with Crippen LogP contribution in [0.15, 0.2) is 87.3 Å². The van der Waals surface area contributed by atoms with Crippen LogP contribution in [-0.2, 0) is 49.5 Å². The summed E-state index contributed by atoms with van der Waals surface area (Å²) in [5.41, 5.74) is 3.36. The monoisotopic (exact) mass is 821 g/mol. The van der Waals surface area contributed by atoms with Crippen LogP contribution in [-0.4, -0.2) is 69.3 Å². The Balaban J connectivity index is 1.35. The van der Waals surface area contributed by atoms with Gasteiger partial charge in [-0.05, 0) is 85.4 Å². The first-order valence-electron chi connectivity index (χ1n) is 18.1. The number of nitrogens with one attached hydrogen (secondary N) is 1. The quantitative estimate of drug-likeness (QED) is 0.0448. The van der Waals surface area contributed by atoms with Gasteiger partial charge in [-0.25, -0.2) is 4.57 Å². The lowest BCUT2D eigenvalue weighted by Crippen LogP contribution is -2.27. The first kappa shape index (κ1) is 44.2. The van der Waals surface area contributed by atoms with E-state index in [4.69, 9.17) is 4.52 Å². The molecule has 2 aliphatic rings. The highest BCUT2D eigenvalue weighted by Crippen LogP contribution is 2.49. The Hall–Kier alpha value is -3.47. The zero-order valence-electron chi connectivity index (χ0n) is 31.9. The molecule has 2 aromatic carbocycles. The highest BCUT2D eigenvalue weighted by atomic mass is 32.2. The number of hydrogen-bond donors (Lipinski definition) is 4. The first-order chi connectivity index (χ1) is 25.7. The summed E-state index contributed by atoms with van der Waals surface area (Å²) < 4.78 is 87.2. The van der Waals surface area contributed by atoms with E-state index in [1.165, 1.54) is 24.3 Å². The Morgan fingerprint density at radius 1 is 0.855 bits per heavy atom. The van der Waals surface area contributed by atoms with Crippen molar-refractivity contribution in [3.63, 3.8) is 0 Å². The van der Waals surface area contributed by atoms with Crippen molar-refractivity contribution in [3.05, 3.63) is 83.6 Å². The molecule has 0 aliphatic carbocycles. The summed E-state index contributed by atoms with van der Waals surface area (Å²) in [6.07, 6.45) is 15.1. The van der Waals surface area contributed by atoms with Gasteiger partial charge in [0.15, 0.2) is 0 Å². The van der Waals surface area contributed by atoms with Gasteiger partial charge in [0.2, 0.25) is 5.91 Å². The van der Waals surface area contributed by atoms with E-state index in [1.54, 1.807) is 12.1 Å². The van der Waals surface area contributed by atoms with Crippen LogP contribution in [0.25, 0.3) is 0 Å². The minimum atomic E-state index is -4.41. The van der Waals surface area contributed by atoms with Gasteiger partial charge in [0, 0.05) is 48.8 Å². The van der Waals surface area contributed by atoms with E-state index in [1.807, 2.05) is 58.1 Å². The number of anilines is 1. The van der Waals surface area contributed by atoms with Crippen molar-refractivity contribution >= 4 is 51.1 Å². The van der Waals surface area contributed by atoms with Gasteiger partial charge in [0.1, 0.15) is 0 Å². The number of hydrogen-bond acceptors (Lipinski definition) is 10. The second-order valence-electron chi connectivity index (χ2n) is 14.6. The predicted molar refractivity (Wildman–Crippen MR) is 212 cm³/mol. The molecule has 0 fully saturated rings. The van der Waals surface area contributed by atoms with Crippen molar-refractivity contribution in [2.45, 2.75) is 99.7 Å². The van der Waals surface area contributed by atoms with Crippen LogP contribution in [0.5, 0.6) is 0 Å². The number of carbonyl (C=O) groups is 1. The Morgan fingerprint density at radius 3 is 2.16 bits per heavy atom. The number of allylic oxidation sites excluding steroid dienone is 6. The van der Waals surface area contributed by atoms with Crippen molar-refractivity contribution in [1.82, 2.24) is 5.32 Å². The van der Waals surface area contributed by atoms with Crippen LogP contribution in [0.2, 0.25) is 0 Å². The number of phosphoric ester groups is 1. The number of carbonyl (C=O) groups excluding carboxylic acids is 1. The lowest BCUT2D eigenvalue weighted by Gasteiger charge is -2.27. The largest absolute Gasteiger partial charge is 0.471 e. The third kappa shape index (κ3) is 11.5. The third-order valence-corrected chi connectivity index (χ3v) is 12.5. The summed E-state index contributed by atoms with van der Waals surface area (Å²) in [6.45, 7) is 9.15. The van der Waals surface area contributed by atoms with Crippen LogP contribution < -0.4 is 10.2 Å². The van der Waals surface area contributed by atoms with E-state index >= 15 is 0 Å². The fourth-order valence-electron chi connectivity index (χ4n) is 6.70. The maximum atomic E-state index is 12.4. The molecule has 55 heavy (non-hydrogen) atoms. The molecule has 4 N–H and O–H groups in total. The Bertz CT molecular complexity index is 2130. The minimum absolute atomic E-state index is 0.0208. The third-order valence-electron chi connectivity index (χ3n) is 9.88. The van der Waals surface area contributed by atoms with Gasteiger partial charge >= 0.3 is 7.82 Å².